The monoisotopic (exact) mass is 400 g/mol. The third-order valence-corrected chi connectivity index (χ3v) is 5.92. The van der Waals surface area contributed by atoms with Crippen LogP contribution in [0.1, 0.15) is 49.0 Å². The summed E-state index contributed by atoms with van der Waals surface area (Å²) in [6.07, 6.45) is 2.58. The van der Waals surface area contributed by atoms with E-state index in [0.717, 1.165) is 44.5 Å². The smallest absolute Gasteiger partial charge is 0.251 e. The second-order valence-corrected chi connectivity index (χ2v) is 7.77. The molecule has 3 amide bonds. The SMILES string of the molecule is CCN(CC)CCCNC(=O)c1ccc(CN2CC(=O)N3CCC[C@@H]3C2=O)cc1. The van der Waals surface area contributed by atoms with Crippen LogP contribution in [0.3, 0.4) is 0 Å². The quantitative estimate of drug-likeness (QED) is 0.638. The van der Waals surface area contributed by atoms with Gasteiger partial charge in [0, 0.05) is 25.2 Å². The molecule has 1 aromatic carbocycles. The number of piperazine rings is 1. The van der Waals surface area contributed by atoms with Crippen molar-refractivity contribution in [2.24, 2.45) is 0 Å². The van der Waals surface area contributed by atoms with Gasteiger partial charge < -0.3 is 20.0 Å². The highest BCUT2D eigenvalue weighted by atomic mass is 16.2. The predicted molar refractivity (Wildman–Crippen MR) is 111 cm³/mol. The number of carbonyl (C=O) groups excluding carboxylic acids is 3. The molecule has 7 heteroatoms. The molecule has 2 heterocycles. The van der Waals surface area contributed by atoms with E-state index >= 15 is 0 Å². The molecule has 1 aromatic rings. The average Bonchev–Trinajstić information content (AvgIpc) is 3.23. The highest BCUT2D eigenvalue weighted by Crippen LogP contribution is 2.24. The summed E-state index contributed by atoms with van der Waals surface area (Å²) in [6, 6.07) is 7.02. The van der Waals surface area contributed by atoms with Crippen molar-refractivity contribution >= 4 is 17.7 Å². The van der Waals surface area contributed by atoms with Crippen molar-refractivity contribution in [1.29, 1.82) is 0 Å². The van der Waals surface area contributed by atoms with Gasteiger partial charge in [0.15, 0.2) is 0 Å². The van der Waals surface area contributed by atoms with Gasteiger partial charge in [0.05, 0.1) is 0 Å². The average molecular weight is 401 g/mol. The van der Waals surface area contributed by atoms with Crippen LogP contribution in [0.4, 0.5) is 0 Å². The summed E-state index contributed by atoms with van der Waals surface area (Å²) in [5, 5.41) is 2.96. The summed E-state index contributed by atoms with van der Waals surface area (Å²) in [5.41, 5.74) is 1.54. The van der Waals surface area contributed by atoms with Gasteiger partial charge in [-0.15, -0.1) is 0 Å². The molecule has 29 heavy (non-hydrogen) atoms. The molecule has 0 unspecified atom stereocenters. The van der Waals surface area contributed by atoms with Crippen LogP contribution >= 0.6 is 0 Å². The molecular weight excluding hydrogens is 368 g/mol. The molecule has 2 fully saturated rings. The van der Waals surface area contributed by atoms with Crippen molar-refractivity contribution in [2.45, 2.75) is 45.7 Å². The van der Waals surface area contributed by atoms with Gasteiger partial charge in [-0.3, -0.25) is 14.4 Å². The number of nitrogens with one attached hydrogen (secondary N) is 1. The fraction of sp³-hybridized carbons (Fsp3) is 0.591. The number of fused-ring (bicyclic) bond motifs is 1. The molecule has 0 radical (unpaired) electrons. The molecule has 3 rings (SSSR count). The fourth-order valence-corrected chi connectivity index (χ4v) is 4.13. The van der Waals surface area contributed by atoms with Crippen LogP contribution in [0.15, 0.2) is 24.3 Å². The van der Waals surface area contributed by atoms with Gasteiger partial charge in [0.2, 0.25) is 11.8 Å². The number of hydrogen-bond acceptors (Lipinski definition) is 4. The van der Waals surface area contributed by atoms with Crippen molar-refractivity contribution in [3.05, 3.63) is 35.4 Å². The van der Waals surface area contributed by atoms with Gasteiger partial charge in [0.25, 0.3) is 5.91 Å². The third kappa shape index (κ3) is 5.15. The summed E-state index contributed by atoms with van der Waals surface area (Å²) in [6.45, 7) is 9.20. The van der Waals surface area contributed by atoms with Crippen molar-refractivity contribution in [3.8, 4) is 0 Å². The Balaban J connectivity index is 1.49. The van der Waals surface area contributed by atoms with E-state index in [1.54, 1.807) is 21.9 Å². The molecule has 158 valence electrons. The van der Waals surface area contributed by atoms with Gasteiger partial charge in [-0.1, -0.05) is 26.0 Å². The Morgan fingerprint density at radius 2 is 1.90 bits per heavy atom. The maximum Gasteiger partial charge on any atom is 0.251 e. The fourth-order valence-electron chi connectivity index (χ4n) is 4.13. The number of nitrogens with zero attached hydrogens (tertiary/aromatic N) is 3. The van der Waals surface area contributed by atoms with Gasteiger partial charge in [-0.05, 0) is 56.6 Å². The van der Waals surface area contributed by atoms with E-state index in [1.807, 2.05) is 12.1 Å². The topological polar surface area (TPSA) is 73.0 Å². The summed E-state index contributed by atoms with van der Waals surface area (Å²) >= 11 is 0. The summed E-state index contributed by atoms with van der Waals surface area (Å²) < 4.78 is 0. The summed E-state index contributed by atoms with van der Waals surface area (Å²) in [4.78, 5) is 42.9. The lowest BCUT2D eigenvalue weighted by molar-refractivity contribution is -0.154. The normalized spacial score (nSPS) is 19.1. The molecule has 2 aliphatic heterocycles. The maximum absolute atomic E-state index is 12.6. The Kier molecular flexibility index (Phi) is 7.25. The minimum absolute atomic E-state index is 0.0350. The van der Waals surface area contributed by atoms with E-state index in [-0.39, 0.29) is 30.3 Å². The zero-order chi connectivity index (χ0) is 20.8. The number of carbonyl (C=O) groups is 3. The first-order valence-electron chi connectivity index (χ1n) is 10.7. The first-order valence-corrected chi connectivity index (χ1v) is 10.7. The number of rotatable bonds is 9. The first-order chi connectivity index (χ1) is 14.0. The third-order valence-electron chi connectivity index (χ3n) is 5.92. The van der Waals surface area contributed by atoms with E-state index in [1.165, 1.54) is 0 Å². The second kappa shape index (κ2) is 9.87. The zero-order valence-corrected chi connectivity index (χ0v) is 17.5. The molecule has 0 bridgehead atoms. The largest absolute Gasteiger partial charge is 0.352 e. The molecule has 2 saturated heterocycles. The molecular formula is C22H32N4O3. The van der Waals surface area contributed by atoms with Crippen LogP contribution in [-0.4, -0.2) is 77.7 Å². The van der Waals surface area contributed by atoms with Gasteiger partial charge in [-0.2, -0.15) is 0 Å². The molecule has 0 spiro atoms. The molecule has 1 atom stereocenters. The molecule has 0 saturated carbocycles. The van der Waals surface area contributed by atoms with Crippen LogP contribution in [0.2, 0.25) is 0 Å². The van der Waals surface area contributed by atoms with Crippen LogP contribution in [0.25, 0.3) is 0 Å². The van der Waals surface area contributed by atoms with Crippen molar-refractivity contribution in [2.75, 3.05) is 39.3 Å². The molecule has 7 nitrogen and oxygen atoms in total. The Morgan fingerprint density at radius 3 is 2.59 bits per heavy atom. The zero-order valence-electron chi connectivity index (χ0n) is 17.5. The predicted octanol–water partition coefficient (Wildman–Crippen LogP) is 1.48. The summed E-state index contributed by atoms with van der Waals surface area (Å²) in [7, 11) is 0. The highest BCUT2D eigenvalue weighted by Gasteiger charge is 2.41. The molecule has 2 aliphatic rings. The lowest BCUT2D eigenvalue weighted by atomic mass is 10.1. The molecule has 0 aliphatic carbocycles. The van der Waals surface area contributed by atoms with Gasteiger partial charge >= 0.3 is 0 Å². The Morgan fingerprint density at radius 1 is 1.17 bits per heavy atom. The Hall–Kier alpha value is -2.41. The maximum atomic E-state index is 12.6. The molecule has 0 aromatic heterocycles. The van der Waals surface area contributed by atoms with E-state index in [4.69, 9.17) is 0 Å². The van der Waals surface area contributed by atoms with E-state index in [2.05, 4.69) is 24.1 Å². The van der Waals surface area contributed by atoms with Crippen LogP contribution in [0.5, 0.6) is 0 Å². The lowest BCUT2D eigenvalue weighted by Gasteiger charge is -2.36. The minimum atomic E-state index is -0.280. The Labute approximate surface area is 173 Å². The lowest BCUT2D eigenvalue weighted by Crippen LogP contribution is -2.56. The Bertz CT molecular complexity index is 730. The minimum Gasteiger partial charge on any atom is -0.352 e. The number of amides is 3. The van der Waals surface area contributed by atoms with Crippen molar-refractivity contribution in [1.82, 2.24) is 20.0 Å². The van der Waals surface area contributed by atoms with Crippen molar-refractivity contribution < 1.29 is 14.4 Å². The highest BCUT2D eigenvalue weighted by molar-refractivity contribution is 5.95. The summed E-state index contributed by atoms with van der Waals surface area (Å²) in [5.74, 6) is -0.00754. The van der Waals surface area contributed by atoms with Crippen LogP contribution in [-0.2, 0) is 16.1 Å². The van der Waals surface area contributed by atoms with Crippen LogP contribution < -0.4 is 5.32 Å². The standard InChI is InChI=1S/C22H32N4O3/c1-3-24(4-2)13-6-12-23-21(28)18-10-8-17(9-11-18)15-25-16-20(27)26-14-5-7-19(26)22(25)29/h8-11,19H,3-7,12-16H2,1-2H3,(H,23,28)/t19-/m1/s1. The van der Waals surface area contributed by atoms with Crippen LogP contribution in [0, 0.1) is 0 Å². The number of hydrogen-bond donors (Lipinski definition) is 1. The first kappa shape index (κ1) is 21.3. The number of benzene rings is 1. The van der Waals surface area contributed by atoms with Gasteiger partial charge in [-0.25, -0.2) is 0 Å². The van der Waals surface area contributed by atoms with E-state index in [9.17, 15) is 14.4 Å². The second-order valence-electron chi connectivity index (χ2n) is 7.77. The molecule has 1 N–H and O–H groups in total. The van der Waals surface area contributed by atoms with Gasteiger partial charge in [0.1, 0.15) is 12.6 Å². The van der Waals surface area contributed by atoms with Crippen molar-refractivity contribution in [3.63, 3.8) is 0 Å². The van der Waals surface area contributed by atoms with E-state index in [0.29, 0.717) is 25.2 Å². The van der Waals surface area contributed by atoms with E-state index < -0.39 is 0 Å².